The third-order valence-corrected chi connectivity index (χ3v) is 3.63. The average Bonchev–Trinajstić information content (AvgIpc) is 2.55. The van der Waals surface area contributed by atoms with Crippen molar-refractivity contribution in [1.82, 2.24) is 0 Å². The second kappa shape index (κ2) is 7.15. The highest BCUT2D eigenvalue weighted by atomic mass is 35.5. The van der Waals surface area contributed by atoms with Crippen molar-refractivity contribution in [3.05, 3.63) is 58.1 Å². The smallest absolute Gasteiger partial charge is 0.338 e. The van der Waals surface area contributed by atoms with E-state index >= 15 is 0 Å². The predicted octanol–water partition coefficient (Wildman–Crippen LogP) is 3.70. The second-order valence-electron chi connectivity index (χ2n) is 4.77. The molecule has 0 heterocycles. The number of halogens is 1. The van der Waals surface area contributed by atoms with Crippen molar-refractivity contribution < 1.29 is 19.1 Å². The molecule has 6 heteroatoms. The Bertz CT molecular complexity index is 758. The standard InChI is InChI=1S/C17H16ClNO4/c1-10-12(17(21)23-3)5-4-6-14(10)19-16(20)13-8-7-11(18)9-15(13)22-2/h4-9H,1-3H3,(H,19,20). The molecule has 23 heavy (non-hydrogen) atoms. The topological polar surface area (TPSA) is 64.6 Å². The van der Waals surface area contributed by atoms with Crippen molar-refractivity contribution in [3.63, 3.8) is 0 Å². The van der Waals surface area contributed by atoms with Crippen LogP contribution in [0.1, 0.15) is 26.3 Å². The fraction of sp³-hybridized carbons (Fsp3) is 0.176. The van der Waals surface area contributed by atoms with E-state index in [9.17, 15) is 9.59 Å². The van der Waals surface area contributed by atoms with Crippen LogP contribution in [0.3, 0.4) is 0 Å². The lowest BCUT2D eigenvalue weighted by Gasteiger charge is -2.13. The summed E-state index contributed by atoms with van der Waals surface area (Å²) in [5.41, 5.74) is 1.89. The van der Waals surface area contributed by atoms with Gasteiger partial charge < -0.3 is 14.8 Å². The van der Waals surface area contributed by atoms with Gasteiger partial charge in [0.05, 0.1) is 25.3 Å². The van der Waals surface area contributed by atoms with Crippen molar-refractivity contribution in [2.75, 3.05) is 19.5 Å². The molecule has 0 radical (unpaired) electrons. The number of anilines is 1. The number of nitrogens with one attached hydrogen (secondary N) is 1. The van der Waals surface area contributed by atoms with E-state index in [0.29, 0.717) is 33.1 Å². The molecule has 2 rings (SSSR count). The van der Waals surface area contributed by atoms with Gasteiger partial charge in [-0.2, -0.15) is 0 Å². The van der Waals surface area contributed by atoms with E-state index in [0.717, 1.165) is 0 Å². The maximum atomic E-state index is 12.5. The highest BCUT2D eigenvalue weighted by molar-refractivity contribution is 6.31. The van der Waals surface area contributed by atoms with Gasteiger partial charge in [0.25, 0.3) is 5.91 Å². The first-order valence-corrected chi connectivity index (χ1v) is 7.18. The summed E-state index contributed by atoms with van der Waals surface area (Å²) in [5, 5.41) is 3.24. The van der Waals surface area contributed by atoms with E-state index in [4.69, 9.17) is 21.1 Å². The van der Waals surface area contributed by atoms with Gasteiger partial charge in [-0.3, -0.25) is 4.79 Å². The number of amides is 1. The zero-order chi connectivity index (χ0) is 17.0. The number of hydrogen-bond acceptors (Lipinski definition) is 4. The lowest BCUT2D eigenvalue weighted by atomic mass is 10.1. The monoisotopic (exact) mass is 333 g/mol. The molecule has 0 bridgehead atoms. The fourth-order valence-electron chi connectivity index (χ4n) is 2.14. The van der Waals surface area contributed by atoms with Crippen LogP contribution in [0.5, 0.6) is 5.75 Å². The van der Waals surface area contributed by atoms with Gasteiger partial charge in [0.2, 0.25) is 0 Å². The lowest BCUT2D eigenvalue weighted by molar-refractivity contribution is 0.0599. The van der Waals surface area contributed by atoms with Gasteiger partial charge >= 0.3 is 5.97 Å². The van der Waals surface area contributed by atoms with Crippen LogP contribution in [0.15, 0.2) is 36.4 Å². The summed E-state index contributed by atoms with van der Waals surface area (Å²) in [6.45, 7) is 1.74. The molecule has 0 saturated heterocycles. The summed E-state index contributed by atoms with van der Waals surface area (Å²) in [4.78, 5) is 24.2. The van der Waals surface area contributed by atoms with Gasteiger partial charge in [-0.25, -0.2) is 4.79 Å². The van der Waals surface area contributed by atoms with Gasteiger partial charge in [0, 0.05) is 10.7 Å². The van der Waals surface area contributed by atoms with Crippen LogP contribution in [-0.4, -0.2) is 26.1 Å². The Morgan fingerprint density at radius 2 is 1.83 bits per heavy atom. The van der Waals surface area contributed by atoms with E-state index in [-0.39, 0.29) is 5.91 Å². The highest BCUT2D eigenvalue weighted by Crippen LogP contribution is 2.25. The highest BCUT2D eigenvalue weighted by Gasteiger charge is 2.16. The molecule has 0 saturated carbocycles. The molecule has 0 aliphatic carbocycles. The molecule has 0 unspecified atom stereocenters. The van der Waals surface area contributed by atoms with E-state index in [2.05, 4.69) is 5.32 Å². The van der Waals surface area contributed by atoms with Crippen molar-refractivity contribution in [2.45, 2.75) is 6.92 Å². The Morgan fingerprint density at radius 1 is 1.09 bits per heavy atom. The predicted molar refractivity (Wildman–Crippen MR) is 88.5 cm³/mol. The third-order valence-electron chi connectivity index (χ3n) is 3.40. The van der Waals surface area contributed by atoms with Gasteiger partial charge in [0.1, 0.15) is 5.75 Å². The number of carbonyl (C=O) groups excluding carboxylic acids is 2. The van der Waals surface area contributed by atoms with Crippen LogP contribution in [0, 0.1) is 6.92 Å². The Hall–Kier alpha value is -2.53. The summed E-state index contributed by atoms with van der Waals surface area (Å²) in [5.74, 6) is -0.442. The Labute approximate surface area is 139 Å². The molecule has 120 valence electrons. The van der Waals surface area contributed by atoms with Crippen LogP contribution in [0.25, 0.3) is 0 Å². The Balaban J connectivity index is 2.33. The maximum absolute atomic E-state index is 12.5. The molecule has 0 aromatic heterocycles. The molecule has 1 amide bonds. The molecule has 0 fully saturated rings. The van der Waals surface area contributed by atoms with Gasteiger partial charge in [-0.15, -0.1) is 0 Å². The minimum Gasteiger partial charge on any atom is -0.496 e. The molecule has 0 aliphatic rings. The number of methoxy groups -OCH3 is 2. The summed E-state index contributed by atoms with van der Waals surface area (Å²) in [7, 11) is 2.77. The number of ether oxygens (including phenoxy) is 2. The summed E-state index contributed by atoms with van der Waals surface area (Å²) in [6.07, 6.45) is 0. The van der Waals surface area contributed by atoms with Crippen LogP contribution in [0.4, 0.5) is 5.69 Å². The Kier molecular flexibility index (Phi) is 5.24. The summed E-state index contributed by atoms with van der Waals surface area (Å²) < 4.78 is 9.90. The van der Waals surface area contributed by atoms with Crippen molar-refractivity contribution in [2.24, 2.45) is 0 Å². The maximum Gasteiger partial charge on any atom is 0.338 e. The molecular formula is C17H16ClNO4. The lowest BCUT2D eigenvalue weighted by Crippen LogP contribution is -2.15. The zero-order valence-corrected chi connectivity index (χ0v) is 13.7. The molecule has 0 spiro atoms. The number of rotatable bonds is 4. The molecule has 5 nitrogen and oxygen atoms in total. The van der Waals surface area contributed by atoms with Crippen LogP contribution >= 0.6 is 11.6 Å². The van der Waals surface area contributed by atoms with Gasteiger partial charge in [-0.05, 0) is 42.8 Å². The molecular weight excluding hydrogens is 318 g/mol. The third kappa shape index (κ3) is 3.63. The van der Waals surface area contributed by atoms with Gasteiger partial charge in [0.15, 0.2) is 0 Å². The fourth-order valence-corrected chi connectivity index (χ4v) is 2.31. The van der Waals surface area contributed by atoms with E-state index in [1.807, 2.05) is 0 Å². The van der Waals surface area contributed by atoms with Gasteiger partial charge in [-0.1, -0.05) is 17.7 Å². The minimum atomic E-state index is -0.456. The first-order chi connectivity index (χ1) is 11.0. The van der Waals surface area contributed by atoms with Crippen LogP contribution in [-0.2, 0) is 4.74 Å². The average molecular weight is 334 g/mol. The number of carbonyl (C=O) groups is 2. The number of hydrogen-bond donors (Lipinski definition) is 1. The Morgan fingerprint density at radius 3 is 2.48 bits per heavy atom. The molecule has 0 aliphatic heterocycles. The van der Waals surface area contributed by atoms with E-state index < -0.39 is 5.97 Å². The quantitative estimate of drug-likeness (QED) is 0.866. The van der Waals surface area contributed by atoms with Crippen molar-refractivity contribution in [1.29, 1.82) is 0 Å². The first-order valence-electron chi connectivity index (χ1n) is 6.80. The SMILES string of the molecule is COC(=O)c1cccc(NC(=O)c2ccc(Cl)cc2OC)c1C. The molecule has 2 aromatic carbocycles. The van der Waals surface area contributed by atoms with Crippen molar-refractivity contribution >= 4 is 29.2 Å². The molecule has 0 atom stereocenters. The van der Waals surface area contributed by atoms with E-state index in [1.54, 1.807) is 43.3 Å². The number of benzene rings is 2. The van der Waals surface area contributed by atoms with Crippen LogP contribution in [0.2, 0.25) is 5.02 Å². The summed E-state index contributed by atoms with van der Waals surface area (Å²) in [6, 6.07) is 9.77. The zero-order valence-electron chi connectivity index (χ0n) is 13.0. The number of esters is 1. The van der Waals surface area contributed by atoms with E-state index in [1.165, 1.54) is 14.2 Å². The molecule has 1 N–H and O–H groups in total. The normalized spacial score (nSPS) is 10.1. The first kappa shape index (κ1) is 16.8. The second-order valence-corrected chi connectivity index (χ2v) is 5.20. The summed E-state index contributed by atoms with van der Waals surface area (Å²) >= 11 is 5.89. The van der Waals surface area contributed by atoms with Crippen LogP contribution < -0.4 is 10.1 Å². The largest absolute Gasteiger partial charge is 0.496 e. The molecule has 2 aromatic rings. The van der Waals surface area contributed by atoms with Crippen molar-refractivity contribution in [3.8, 4) is 5.75 Å². The minimum absolute atomic E-state index is 0.347.